The summed E-state index contributed by atoms with van der Waals surface area (Å²) in [6, 6.07) is 7.88. The van der Waals surface area contributed by atoms with E-state index < -0.39 is 0 Å². The minimum absolute atomic E-state index is 0.495. The zero-order valence-electron chi connectivity index (χ0n) is 14.5. The van der Waals surface area contributed by atoms with E-state index in [9.17, 15) is 0 Å². The minimum Gasteiger partial charge on any atom is -0.477 e. The smallest absolute Gasteiger partial charge is 0.218 e. The van der Waals surface area contributed by atoms with Crippen molar-refractivity contribution in [3.05, 3.63) is 66.3 Å². The summed E-state index contributed by atoms with van der Waals surface area (Å²) in [6.45, 7) is 3.10. The molecule has 1 N–H and O–H groups in total. The Hall–Kier alpha value is -3.09. The van der Waals surface area contributed by atoms with Gasteiger partial charge in [-0.25, -0.2) is 15.0 Å². The minimum atomic E-state index is 0.495. The Kier molecular flexibility index (Phi) is 4.68. The molecule has 3 aromatic rings. The normalized spacial score (nSPS) is 18.3. The molecular formula is C19H20N6O. The Morgan fingerprint density at radius 2 is 2.08 bits per heavy atom. The second-order valence-corrected chi connectivity index (χ2v) is 6.41. The van der Waals surface area contributed by atoms with Crippen molar-refractivity contribution < 1.29 is 4.74 Å². The van der Waals surface area contributed by atoms with Gasteiger partial charge in [0, 0.05) is 54.3 Å². The standard InChI is InChI=1S/C19H20N6O/c1-13-24-18(23-10-14-8-20-12-21-9-14)7-19(25-13)26-11-15-6-16(15)17-4-2-3-5-22-17/h2-5,7-9,12,15-16H,6,10-11H2,1H3,(H,23,24,25)/t15-,16+/m1/s1. The molecule has 0 saturated heterocycles. The van der Waals surface area contributed by atoms with Crippen LogP contribution >= 0.6 is 0 Å². The Morgan fingerprint density at radius 3 is 2.88 bits per heavy atom. The van der Waals surface area contributed by atoms with Crippen LogP contribution in [0, 0.1) is 12.8 Å². The molecule has 3 aromatic heterocycles. The summed E-state index contributed by atoms with van der Waals surface area (Å²) in [6.07, 6.45) is 8.02. The lowest BCUT2D eigenvalue weighted by Gasteiger charge is -2.09. The number of nitrogens with zero attached hydrogens (tertiary/aromatic N) is 5. The molecule has 0 unspecified atom stereocenters. The van der Waals surface area contributed by atoms with E-state index in [1.165, 1.54) is 6.33 Å². The SMILES string of the molecule is Cc1nc(NCc2cncnc2)cc(OC[C@H]2C[C@@H]2c2ccccn2)n1. The number of rotatable bonds is 7. The van der Waals surface area contributed by atoms with Gasteiger partial charge in [-0.15, -0.1) is 0 Å². The lowest BCUT2D eigenvalue weighted by molar-refractivity contribution is 0.284. The van der Waals surface area contributed by atoms with Crippen molar-refractivity contribution in [3.8, 4) is 5.88 Å². The van der Waals surface area contributed by atoms with E-state index in [1.54, 1.807) is 12.4 Å². The Balaban J connectivity index is 1.33. The summed E-state index contributed by atoms with van der Waals surface area (Å²) in [5.41, 5.74) is 2.13. The van der Waals surface area contributed by atoms with E-state index in [4.69, 9.17) is 4.74 Å². The van der Waals surface area contributed by atoms with E-state index in [-0.39, 0.29) is 0 Å². The number of nitrogens with one attached hydrogen (secondary N) is 1. The fourth-order valence-electron chi connectivity index (χ4n) is 2.90. The highest BCUT2D eigenvalue weighted by molar-refractivity contribution is 5.39. The quantitative estimate of drug-likeness (QED) is 0.702. The maximum absolute atomic E-state index is 5.91. The van der Waals surface area contributed by atoms with Gasteiger partial charge in [-0.1, -0.05) is 6.07 Å². The van der Waals surface area contributed by atoms with Gasteiger partial charge in [0.25, 0.3) is 0 Å². The van der Waals surface area contributed by atoms with Crippen LogP contribution in [0.4, 0.5) is 5.82 Å². The number of anilines is 1. The molecule has 1 aliphatic carbocycles. The van der Waals surface area contributed by atoms with Gasteiger partial charge in [-0.3, -0.25) is 4.98 Å². The largest absolute Gasteiger partial charge is 0.477 e. The van der Waals surface area contributed by atoms with Crippen LogP contribution in [-0.2, 0) is 6.54 Å². The summed E-state index contributed by atoms with van der Waals surface area (Å²) in [4.78, 5) is 21.2. The van der Waals surface area contributed by atoms with Crippen molar-refractivity contribution >= 4 is 5.82 Å². The van der Waals surface area contributed by atoms with Gasteiger partial charge in [0.2, 0.25) is 5.88 Å². The first-order valence-electron chi connectivity index (χ1n) is 8.65. The molecule has 0 amide bonds. The molecule has 1 aliphatic rings. The highest BCUT2D eigenvalue weighted by Crippen LogP contribution is 2.46. The second-order valence-electron chi connectivity index (χ2n) is 6.41. The van der Waals surface area contributed by atoms with Gasteiger partial charge in [0.1, 0.15) is 18.0 Å². The van der Waals surface area contributed by atoms with Crippen LogP contribution < -0.4 is 10.1 Å². The van der Waals surface area contributed by atoms with Crippen molar-refractivity contribution in [2.45, 2.75) is 25.8 Å². The topological polar surface area (TPSA) is 85.7 Å². The van der Waals surface area contributed by atoms with Gasteiger partial charge in [0.05, 0.1) is 6.61 Å². The van der Waals surface area contributed by atoms with E-state index >= 15 is 0 Å². The predicted octanol–water partition coefficient (Wildman–Crippen LogP) is 2.76. The number of hydrogen-bond acceptors (Lipinski definition) is 7. The van der Waals surface area contributed by atoms with E-state index in [0.29, 0.717) is 36.7 Å². The molecule has 0 aliphatic heterocycles. The van der Waals surface area contributed by atoms with Gasteiger partial charge >= 0.3 is 0 Å². The predicted molar refractivity (Wildman–Crippen MR) is 96.7 cm³/mol. The van der Waals surface area contributed by atoms with Gasteiger partial charge in [-0.2, -0.15) is 4.98 Å². The molecule has 2 atom stereocenters. The van der Waals surface area contributed by atoms with Crippen molar-refractivity contribution in [1.29, 1.82) is 0 Å². The maximum atomic E-state index is 5.91. The number of aromatic nitrogens is 5. The Bertz CT molecular complexity index is 858. The first-order valence-corrected chi connectivity index (χ1v) is 8.65. The molecule has 7 heteroatoms. The summed E-state index contributed by atoms with van der Waals surface area (Å²) < 4.78 is 5.91. The number of aryl methyl sites for hydroxylation is 1. The third kappa shape index (κ3) is 4.11. The van der Waals surface area contributed by atoms with Crippen LogP contribution in [0.15, 0.2) is 49.2 Å². The molecule has 0 bridgehead atoms. The Labute approximate surface area is 151 Å². The summed E-state index contributed by atoms with van der Waals surface area (Å²) in [7, 11) is 0. The highest BCUT2D eigenvalue weighted by atomic mass is 16.5. The molecule has 4 rings (SSSR count). The second kappa shape index (κ2) is 7.43. The molecule has 26 heavy (non-hydrogen) atoms. The van der Waals surface area contributed by atoms with Crippen molar-refractivity contribution in [3.63, 3.8) is 0 Å². The van der Waals surface area contributed by atoms with Gasteiger partial charge < -0.3 is 10.1 Å². The molecule has 1 fully saturated rings. The Morgan fingerprint density at radius 1 is 1.19 bits per heavy atom. The lowest BCUT2D eigenvalue weighted by atomic mass is 10.2. The molecule has 0 radical (unpaired) electrons. The maximum Gasteiger partial charge on any atom is 0.218 e. The molecule has 1 saturated carbocycles. The van der Waals surface area contributed by atoms with Crippen LogP contribution in [-0.4, -0.2) is 31.5 Å². The summed E-state index contributed by atoms with van der Waals surface area (Å²) in [5.74, 6) is 2.99. The monoisotopic (exact) mass is 348 g/mol. The molecule has 132 valence electrons. The average molecular weight is 348 g/mol. The van der Waals surface area contributed by atoms with Crippen LogP contribution in [0.3, 0.4) is 0 Å². The first kappa shape index (κ1) is 16.4. The van der Waals surface area contributed by atoms with Crippen LogP contribution in [0.5, 0.6) is 5.88 Å². The number of hydrogen-bond donors (Lipinski definition) is 1. The first-order chi connectivity index (χ1) is 12.8. The molecule has 3 heterocycles. The molecule has 0 aromatic carbocycles. The van der Waals surface area contributed by atoms with Crippen molar-refractivity contribution in [1.82, 2.24) is 24.9 Å². The zero-order chi connectivity index (χ0) is 17.8. The zero-order valence-corrected chi connectivity index (χ0v) is 14.5. The number of ether oxygens (including phenoxy) is 1. The van der Waals surface area contributed by atoms with Crippen molar-refractivity contribution in [2.75, 3.05) is 11.9 Å². The summed E-state index contributed by atoms with van der Waals surface area (Å²) >= 11 is 0. The number of pyridine rings is 1. The van der Waals surface area contributed by atoms with Gasteiger partial charge in [0.15, 0.2) is 0 Å². The van der Waals surface area contributed by atoms with Crippen LogP contribution in [0.2, 0.25) is 0 Å². The molecule has 0 spiro atoms. The fraction of sp³-hybridized carbons (Fsp3) is 0.316. The summed E-state index contributed by atoms with van der Waals surface area (Å²) in [5, 5.41) is 3.26. The third-order valence-corrected chi connectivity index (χ3v) is 4.34. The fourth-order valence-corrected chi connectivity index (χ4v) is 2.90. The van der Waals surface area contributed by atoms with E-state index in [0.717, 1.165) is 23.5 Å². The third-order valence-electron chi connectivity index (χ3n) is 4.34. The van der Waals surface area contributed by atoms with Gasteiger partial charge in [-0.05, 0) is 25.5 Å². The average Bonchev–Trinajstić information content (AvgIpc) is 3.46. The van der Waals surface area contributed by atoms with Crippen molar-refractivity contribution in [2.24, 2.45) is 5.92 Å². The molecular weight excluding hydrogens is 328 g/mol. The van der Waals surface area contributed by atoms with E-state index in [2.05, 4.69) is 36.3 Å². The molecule has 7 nitrogen and oxygen atoms in total. The van der Waals surface area contributed by atoms with Crippen LogP contribution in [0.1, 0.15) is 29.4 Å². The van der Waals surface area contributed by atoms with Crippen LogP contribution in [0.25, 0.3) is 0 Å². The lowest BCUT2D eigenvalue weighted by Crippen LogP contribution is -2.07. The van der Waals surface area contributed by atoms with E-state index in [1.807, 2.05) is 31.3 Å². The highest BCUT2D eigenvalue weighted by Gasteiger charge is 2.39.